The Hall–Kier alpha value is -2.61. The third-order valence-electron chi connectivity index (χ3n) is 5.04. The minimum atomic E-state index is -0.981. The number of rotatable bonds is 6. The van der Waals surface area contributed by atoms with E-state index in [1.54, 1.807) is 18.3 Å². The fraction of sp³-hybridized carbons (Fsp3) is 0.435. The van der Waals surface area contributed by atoms with Gasteiger partial charge in [0.05, 0.1) is 15.9 Å². The van der Waals surface area contributed by atoms with Crippen LogP contribution in [0.2, 0.25) is 0 Å². The first-order valence-electron chi connectivity index (χ1n) is 10.1. The third-order valence-corrected chi connectivity index (χ3v) is 5.66. The Labute approximate surface area is 189 Å². The van der Waals surface area contributed by atoms with Crippen molar-refractivity contribution in [3.05, 3.63) is 45.5 Å². The normalized spacial score (nSPS) is 13.0. The van der Waals surface area contributed by atoms with Crippen molar-refractivity contribution >= 4 is 43.8 Å². The predicted molar refractivity (Wildman–Crippen MR) is 124 cm³/mol. The van der Waals surface area contributed by atoms with Crippen molar-refractivity contribution in [2.24, 2.45) is 5.92 Å². The highest BCUT2D eigenvalue weighted by atomic mass is 79.9. The highest BCUT2D eigenvalue weighted by Gasteiger charge is 2.34. The lowest BCUT2D eigenvalue weighted by Gasteiger charge is -2.40. The highest BCUT2D eigenvalue weighted by molar-refractivity contribution is 9.10. The van der Waals surface area contributed by atoms with E-state index in [1.165, 1.54) is 11.1 Å². The van der Waals surface area contributed by atoms with Crippen LogP contribution in [0.4, 0.5) is 4.79 Å². The van der Waals surface area contributed by atoms with Crippen molar-refractivity contribution in [3.63, 3.8) is 0 Å². The molecule has 31 heavy (non-hydrogen) atoms. The molecule has 1 atom stereocenters. The Morgan fingerprint density at radius 2 is 1.97 bits per heavy atom. The van der Waals surface area contributed by atoms with E-state index in [9.17, 15) is 14.7 Å². The number of pyridine rings is 1. The lowest BCUT2D eigenvalue weighted by Crippen LogP contribution is -2.53. The molecule has 1 amide bonds. The summed E-state index contributed by atoms with van der Waals surface area (Å²) in [5.41, 5.74) is -0.644. The molecule has 0 radical (unpaired) electrons. The van der Waals surface area contributed by atoms with Gasteiger partial charge < -0.3 is 14.3 Å². The van der Waals surface area contributed by atoms with Crippen molar-refractivity contribution in [3.8, 4) is 5.75 Å². The highest BCUT2D eigenvalue weighted by Crippen LogP contribution is 2.34. The first-order chi connectivity index (χ1) is 14.5. The number of aromatic nitrogens is 1. The van der Waals surface area contributed by atoms with Crippen LogP contribution >= 0.6 is 15.9 Å². The van der Waals surface area contributed by atoms with Crippen LogP contribution in [0.25, 0.3) is 21.7 Å². The molecule has 2 heterocycles. The fourth-order valence-corrected chi connectivity index (χ4v) is 4.31. The largest absolute Gasteiger partial charge is 0.490 e. The Kier molecular flexibility index (Phi) is 6.59. The standard InChI is InChI=1S/C23H27BrN2O5/c1-13(2)8-14(26(22(28)29)23(3,4)5)12-30-20-10-19-16(9-18(20)24)15-6-7-25-11-17(15)21(27)31-19/h6-7,9-11,13-14H,8,12H2,1-5H3,(H,28,29)/t14-/m0/s1. The van der Waals surface area contributed by atoms with Gasteiger partial charge in [0.1, 0.15) is 17.9 Å². The van der Waals surface area contributed by atoms with Gasteiger partial charge in [0.15, 0.2) is 0 Å². The van der Waals surface area contributed by atoms with Gasteiger partial charge in [-0.2, -0.15) is 0 Å². The number of amides is 1. The molecule has 7 nitrogen and oxygen atoms in total. The molecule has 0 aliphatic heterocycles. The summed E-state index contributed by atoms with van der Waals surface area (Å²) in [5.74, 6) is 0.771. The molecule has 0 spiro atoms. The van der Waals surface area contributed by atoms with Gasteiger partial charge in [-0.05, 0) is 61.2 Å². The zero-order valence-corrected chi connectivity index (χ0v) is 19.9. The molecule has 2 aromatic heterocycles. The molecule has 166 valence electrons. The van der Waals surface area contributed by atoms with Gasteiger partial charge in [-0.15, -0.1) is 0 Å². The van der Waals surface area contributed by atoms with E-state index in [-0.39, 0.29) is 18.6 Å². The van der Waals surface area contributed by atoms with E-state index in [0.717, 1.165) is 10.8 Å². The fourth-order valence-electron chi connectivity index (χ4n) is 3.86. The zero-order valence-electron chi connectivity index (χ0n) is 18.3. The Bertz CT molecular complexity index is 1170. The maximum Gasteiger partial charge on any atom is 0.408 e. The van der Waals surface area contributed by atoms with Crippen molar-refractivity contribution < 1.29 is 19.1 Å². The van der Waals surface area contributed by atoms with E-state index < -0.39 is 17.3 Å². The number of carbonyl (C=O) groups is 1. The van der Waals surface area contributed by atoms with Crippen LogP contribution in [0, 0.1) is 5.92 Å². The molecule has 0 aliphatic rings. The second-order valence-corrected chi connectivity index (χ2v) is 9.86. The van der Waals surface area contributed by atoms with Crippen molar-refractivity contribution in [2.75, 3.05) is 6.61 Å². The number of ether oxygens (including phenoxy) is 1. The van der Waals surface area contributed by atoms with Crippen molar-refractivity contribution in [2.45, 2.75) is 52.6 Å². The van der Waals surface area contributed by atoms with Crippen molar-refractivity contribution in [1.29, 1.82) is 0 Å². The lowest BCUT2D eigenvalue weighted by atomic mass is 9.97. The number of fused-ring (bicyclic) bond motifs is 3. The summed E-state index contributed by atoms with van der Waals surface area (Å²) in [5, 5.41) is 11.7. The van der Waals surface area contributed by atoms with Gasteiger partial charge >= 0.3 is 11.7 Å². The summed E-state index contributed by atoms with van der Waals surface area (Å²) in [6.45, 7) is 9.89. The van der Waals surface area contributed by atoms with E-state index in [0.29, 0.717) is 27.6 Å². The average Bonchev–Trinajstić information content (AvgIpc) is 2.65. The molecule has 0 saturated heterocycles. The molecule has 0 aliphatic carbocycles. The molecular weight excluding hydrogens is 464 g/mol. The molecule has 0 unspecified atom stereocenters. The number of hydrogen-bond donors (Lipinski definition) is 1. The molecule has 0 saturated carbocycles. The first-order valence-corrected chi connectivity index (χ1v) is 10.9. The summed E-state index contributed by atoms with van der Waals surface area (Å²) in [6, 6.07) is 4.94. The monoisotopic (exact) mass is 490 g/mol. The average molecular weight is 491 g/mol. The molecule has 8 heteroatoms. The van der Waals surface area contributed by atoms with Gasteiger partial charge in [-0.1, -0.05) is 13.8 Å². The van der Waals surface area contributed by atoms with Crippen LogP contribution in [-0.4, -0.2) is 39.3 Å². The number of nitrogens with zero attached hydrogens (tertiary/aromatic N) is 2. The third kappa shape index (κ3) is 5.01. The van der Waals surface area contributed by atoms with Gasteiger partial charge in [-0.3, -0.25) is 9.88 Å². The van der Waals surface area contributed by atoms with Crippen molar-refractivity contribution in [1.82, 2.24) is 9.88 Å². The molecule has 3 rings (SSSR count). The second kappa shape index (κ2) is 8.86. The van der Waals surface area contributed by atoms with E-state index in [1.807, 2.05) is 26.8 Å². The summed E-state index contributed by atoms with van der Waals surface area (Å²) in [4.78, 5) is 29.8. The van der Waals surface area contributed by atoms with Crippen LogP contribution in [0.3, 0.4) is 0 Å². The Balaban J connectivity index is 1.97. The van der Waals surface area contributed by atoms with Gasteiger partial charge in [0.2, 0.25) is 0 Å². The SMILES string of the molecule is CC(C)C[C@@H](COc1cc2oc(=O)c3cnccc3c2cc1Br)N(C(=O)O)C(C)(C)C. The molecular formula is C23H27BrN2O5. The van der Waals surface area contributed by atoms with E-state index >= 15 is 0 Å². The number of benzene rings is 1. The quantitative estimate of drug-likeness (QED) is 0.353. The topological polar surface area (TPSA) is 92.9 Å². The van der Waals surface area contributed by atoms with Crippen LogP contribution in [-0.2, 0) is 0 Å². The van der Waals surface area contributed by atoms with Gasteiger partial charge in [0, 0.05) is 34.8 Å². The minimum Gasteiger partial charge on any atom is -0.490 e. The maximum absolute atomic E-state index is 12.3. The Morgan fingerprint density at radius 3 is 2.58 bits per heavy atom. The number of halogens is 1. The van der Waals surface area contributed by atoms with Gasteiger partial charge in [0.25, 0.3) is 0 Å². The molecule has 1 N–H and O–H groups in total. The zero-order chi connectivity index (χ0) is 22.9. The van der Waals surface area contributed by atoms with E-state index in [2.05, 4.69) is 34.8 Å². The van der Waals surface area contributed by atoms with Gasteiger partial charge in [-0.25, -0.2) is 9.59 Å². The molecule has 0 bridgehead atoms. The Morgan fingerprint density at radius 1 is 1.26 bits per heavy atom. The summed E-state index contributed by atoms with van der Waals surface area (Å²) < 4.78 is 12.2. The predicted octanol–water partition coefficient (Wildman–Crippen LogP) is 5.68. The smallest absolute Gasteiger partial charge is 0.408 e. The number of carboxylic acid groups (broad SMARTS) is 1. The molecule has 0 fully saturated rings. The van der Waals surface area contributed by atoms with Crippen LogP contribution in [0.5, 0.6) is 5.75 Å². The first kappa shape index (κ1) is 23.1. The molecule has 1 aromatic carbocycles. The van der Waals surface area contributed by atoms with Crippen LogP contribution in [0.15, 0.2) is 44.3 Å². The summed E-state index contributed by atoms with van der Waals surface area (Å²) >= 11 is 3.54. The van der Waals surface area contributed by atoms with E-state index in [4.69, 9.17) is 9.15 Å². The minimum absolute atomic E-state index is 0.174. The maximum atomic E-state index is 12.3. The van der Waals surface area contributed by atoms with Crippen LogP contribution < -0.4 is 10.4 Å². The summed E-state index contributed by atoms with van der Waals surface area (Å²) in [7, 11) is 0. The van der Waals surface area contributed by atoms with Crippen LogP contribution in [0.1, 0.15) is 41.0 Å². The number of hydrogen-bond acceptors (Lipinski definition) is 5. The molecule has 3 aromatic rings. The summed E-state index contributed by atoms with van der Waals surface area (Å²) in [6.07, 6.45) is 2.79. The lowest BCUT2D eigenvalue weighted by molar-refractivity contribution is 0.0433. The second-order valence-electron chi connectivity index (χ2n) is 9.01.